The molecule has 2 aromatic carbocycles. The summed E-state index contributed by atoms with van der Waals surface area (Å²) < 4.78 is 5.89. The number of hydrogen-bond donors (Lipinski definition) is 1. The Kier molecular flexibility index (Phi) is 4.58. The number of aliphatic hydroxyl groups is 1. The van der Waals surface area contributed by atoms with Crippen molar-refractivity contribution in [3.8, 4) is 0 Å². The van der Waals surface area contributed by atoms with Crippen LogP contribution in [0.1, 0.15) is 59.6 Å². The highest BCUT2D eigenvalue weighted by Crippen LogP contribution is 2.38. The van der Waals surface area contributed by atoms with Crippen molar-refractivity contribution in [2.24, 2.45) is 0 Å². The van der Waals surface area contributed by atoms with Crippen molar-refractivity contribution in [1.82, 2.24) is 4.90 Å². The van der Waals surface area contributed by atoms with Gasteiger partial charge in [-0.25, -0.2) is 0 Å². The molecule has 0 radical (unpaired) electrons. The van der Waals surface area contributed by atoms with Gasteiger partial charge < -0.3 is 14.4 Å². The molecule has 3 aromatic rings. The number of aryl methyl sites for hydroxylation is 1. The molecular formula is C24H25NO4. The van der Waals surface area contributed by atoms with Crippen molar-refractivity contribution in [1.29, 1.82) is 0 Å². The molecule has 4 rings (SSSR count). The Bertz CT molecular complexity index is 1150. The zero-order valence-electron chi connectivity index (χ0n) is 17.2. The Balaban J connectivity index is 1.94. The van der Waals surface area contributed by atoms with Crippen molar-refractivity contribution in [2.45, 2.75) is 39.2 Å². The highest BCUT2D eigenvalue weighted by atomic mass is 16.3. The summed E-state index contributed by atoms with van der Waals surface area (Å²) >= 11 is 0. The lowest BCUT2D eigenvalue weighted by Gasteiger charge is -2.25. The van der Waals surface area contributed by atoms with E-state index in [1.165, 1.54) is 10.5 Å². The molecule has 1 atom stereocenters. The van der Waals surface area contributed by atoms with Gasteiger partial charge in [0.2, 0.25) is 5.76 Å². The smallest absolute Gasteiger partial charge is 0.290 e. The summed E-state index contributed by atoms with van der Waals surface area (Å²) in [5.74, 6) is -0.289. The van der Waals surface area contributed by atoms with Crippen molar-refractivity contribution in [3.05, 3.63) is 80.7 Å². The second kappa shape index (κ2) is 6.85. The van der Waals surface area contributed by atoms with Crippen LogP contribution in [-0.4, -0.2) is 29.1 Å². The normalized spacial score (nSPS) is 16.5. The Labute approximate surface area is 169 Å². The lowest BCUT2D eigenvalue weighted by Crippen LogP contribution is -2.32. The number of nitrogens with zero attached hydrogens (tertiary/aromatic N) is 1. The standard InChI is InChI=1S/C24H25NO4/c1-14-5-10-18-17(13-14)21(27)19-20(25(11-12-26)23(28)22(19)29-18)15-6-8-16(9-7-15)24(2,3)4/h5-10,13,20,26H,11-12H2,1-4H3. The number of rotatable bonds is 3. The van der Waals surface area contributed by atoms with E-state index in [9.17, 15) is 14.7 Å². The fourth-order valence-corrected chi connectivity index (χ4v) is 3.98. The lowest BCUT2D eigenvalue weighted by molar-refractivity contribution is 0.0691. The maximum atomic E-state index is 13.4. The first kappa shape index (κ1) is 19.4. The molecule has 0 saturated heterocycles. The van der Waals surface area contributed by atoms with Gasteiger partial charge in [-0.15, -0.1) is 0 Å². The predicted octanol–water partition coefficient (Wildman–Crippen LogP) is 3.94. The molecule has 29 heavy (non-hydrogen) atoms. The number of fused-ring (bicyclic) bond motifs is 2. The molecule has 0 saturated carbocycles. The summed E-state index contributed by atoms with van der Waals surface area (Å²) in [6.07, 6.45) is 0. The number of hydrogen-bond acceptors (Lipinski definition) is 4. The molecule has 1 aliphatic rings. The average Bonchev–Trinajstić information content (AvgIpc) is 2.95. The van der Waals surface area contributed by atoms with Gasteiger partial charge in [0.05, 0.1) is 23.6 Å². The molecule has 0 aliphatic carbocycles. The summed E-state index contributed by atoms with van der Waals surface area (Å²) in [6, 6.07) is 12.8. The van der Waals surface area contributed by atoms with Crippen LogP contribution >= 0.6 is 0 Å². The summed E-state index contributed by atoms with van der Waals surface area (Å²) in [6.45, 7) is 8.26. The highest BCUT2D eigenvalue weighted by Gasteiger charge is 2.42. The van der Waals surface area contributed by atoms with Gasteiger partial charge in [0, 0.05) is 6.54 Å². The van der Waals surface area contributed by atoms with E-state index in [4.69, 9.17) is 4.42 Å². The molecular weight excluding hydrogens is 366 g/mol. The highest BCUT2D eigenvalue weighted by molar-refractivity contribution is 5.99. The number of amides is 1. The Hall–Kier alpha value is -2.92. The number of aliphatic hydroxyl groups excluding tert-OH is 1. The summed E-state index contributed by atoms with van der Waals surface area (Å²) in [4.78, 5) is 27.9. The summed E-state index contributed by atoms with van der Waals surface area (Å²) in [7, 11) is 0. The monoisotopic (exact) mass is 391 g/mol. The van der Waals surface area contributed by atoms with Gasteiger partial charge in [-0.3, -0.25) is 9.59 Å². The maximum Gasteiger partial charge on any atom is 0.290 e. The van der Waals surface area contributed by atoms with Gasteiger partial charge in [0.15, 0.2) is 5.43 Å². The largest absolute Gasteiger partial charge is 0.450 e. The van der Waals surface area contributed by atoms with Crippen LogP contribution in [0.2, 0.25) is 0 Å². The molecule has 5 nitrogen and oxygen atoms in total. The fourth-order valence-electron chi connectivity index (χ4n) is 3.98. The quantitative estimate of drug-likeness (QED) is 0.734. The average molecular weight is 391 g/mol. The number of benzene rings is 2. The second-order valence-electron chi connectivity index (χ2n) is 8.67. The van der Waals surface area contributed by atoms with Crippen LogP contribution in [0, 0.1) is 6.92 Å². The van der Waals surface area contributed by atoms with Crippen LogP contribution in [0.5, 0.6) is 0 Å². The van der Waals surface area contributed by atoms with E-state index in [1.807, 2.05) is 37.3 Å². The van der Waals surface area contributed by atoms with Gasteiger partial charge in [-0.05, 0) is 35.6 Å². The van der Waals surface area contributed by atoms with Gasteiger partial charge in [-0.2, -0.15) is 0 Å². The molecule has 1 aliphatic heterocycles. The maximum absolute atomic E-state index is 13.4. The minimum atomic E-state index is -0.570. The van der Waals surface area contributed by atoms with E-state index in [1.54, 1.807) is 12.1 Å². The molecule has 5 heteroatoms. The molecule has 2 heterocycles. The number of carbonyl (C=O) groups is 1. The fraction of sp³-hybridized carbons (Fsp3) is 0.333. The van der Waals surface area contributed by atoms with Crippen LogP contribution in [0.25, 0.3) is 11.0 Å². The topological polar surface area (TPSA) is 70.8 Å². The van der Waals surface area contributed by atoms with Gasteiger partial charge in [0.25, 0.3) is 5.91 Å². The van der Waals surface area contributed by atoms with Crippen LogP contribution in [-0.2, 0) is 5.41 Å². The van der Waals surface area contributed by atoms with Crippen molar-refractivity contribution in [3.63, 3.8) is 0 Å². The SMILES string of the molecule is Cc1ccc2oc3c(c(=O)c2c1)C(c1ccc(C(C)(C)C)cc1)N(CCO)C3=O. The van der Waals surface area contributed by atoms with Crippen LogP contribution in [0.15, 0.2) is 51.7 Å². The van der Waals surface area contributed by atoms with Crippen molar-refractivity contribution >= 4 is 16.9 Å². The molecule has 1 N–H and O–H groups in total. The number of β-amino-alcohol motifs (C(OH)–C–C–N with tert-alkyl or cyclic N) is 1. The third-order valence-electron chi connectivity index (χ3n) is 5.55. The Morgan fingerprint density at radius 2 is 1.76 bits per heavy atom. The van der Waals surface area contributed by atoms with Gasteiger partial charge in [-0.1, -0.05) is 56.7 Å². The van der Waals surface area contributed by atoms with Crippen LogP contribution in [0.4, 0.5) is 0 Å². The molecule has 150 valence electrons. The van der Waals surface area contributed by atoms with Crippen LogP contribution in [0.3, 0.4) is 0 Å². The summed E-state index contributed by atoms with van der Waals surface area (Å²) in [5.41, 5.74) is 3.51. The molecule has 0 spiro atoms. The van der Waals surface area contributed by atoms with E-state index in [0.29, 0.717) is 16.5 Å². The van der Waals surface area contributed by atoms with E-state index in [-0.39, 0.29) is 35.7 Å². The molecule has 1 unspecified atom stereocenters. The number of carbonyl (C=O) groups excluding carboxylic acids is 1. The van der Waals surface area contributed by atoms with E-state index < -0.39 is 6.04 Å². The Morgan fingerprint density at radius 3 is 2.38 bits per heavy atom. The zero-order valence-corrected chi connectivity index (χ0v) is 17.2. The first-order valence-corrected chi connectivity index (χ1v) is 9.82. The Morgan fingerprint density at radius 1 is 1.07 bits per heavy atom. The lowest BCUT2D eigenvalue weighted by atomic mass is 9.86. The van der Waals surface area contributed by atoms with E-state index in [0.717, 1.165) is 11.1 Å². The second-order valence-corrected chi connectivity index (χ2v) is 8.67. The third kappa shape index (κ3) is 3.15. The van der Waals surface area contributed by atoms with Gasteiger partial charge >= 0.3 is 0 Å². The van der Waals surface area contributed by atoms with Crippen molar-refractivity contribution < 1.29 is 14.3 Å². The third-order valence-corrected chi connectivity index (χ3v) is 5.55. The molecule has 0 bridgehead atoms. The van der Waals surface area contributed by atoms with Crippen molar-refractivity contribution in [2.75, 3.05) is 13.2 Å². The molecule has 1 amide bonds. The minimum Gasteiger partial charge on any atom is -0.450 e. The predicted molar refractivity (Wildman–Crippen MR) is 112 cm³/mol. The van der Waals surface area contributed by atoms with E-state index in [2.05, 4.69) is 20.8 Å². The first-order chi connectivity index (χ1) is 13.7. The van der Waals surface area contributed by atoms with Crippen LogP contribution < -0.4 is 5.43 Å². The van der Waals surface area contributed by atoms with E-state index >= 15 is 0 Å². The molecule has 0 fully saturated rings. The molecule has 1 aromatic heterocycles. The minimum absolute atomic E-state index is 0.000521. The first-order valence-electron chi connectivity index (χ1n) is 9.82. The zero-order chi connectivity index (χ0) is 20.9. The van der Waals surface area contributed by atoms with Gasteiger partial charge in [0.1, 0.15) is 5.58 Å². The summed E-state index contributed by atoms with van der Waals surface area (Å²) in [5, 5.41) is 10.0.